The second kappa shape index (κ2) is 7.30. The largest absolute Gasteiger partial charge is 0.497 e. The first-order valence-electron chi connectivity index (χ1n) is 6.16. The molecule has 0 heterocycles. The number of likely N-dealkylation sites (N-methyl/N-ethyl adjacent to an activating group) is 1. The molecule has 0 radical (unpaired) electrons. The van der Waals surface area contributed by atoms with Crippen LogP contribution in [-0.2, 0) is 4.74 Å². The summed E-state index contributed by atoms with van der Waals surface area (Å²) < 4.78 is 10.7. The SMILES string of the molecule is CCNC(c1ccc(OC)cc1)C(CC)OC. The van der Waals surface area contributed by atoms with Gasteiger partial charge in [0.05, 0.1) is 19.3 Å². The summed E-state index contributed by atoms with van der Waals surface area (Å²) in [5.74, 6) is 0.884. The fourth-order valence-electron chi connectivity index (χ4n) is 2.03. The number of methoxy groups -OCH3 is 2. The van der Waals surface area contributed by atoms with Crippen molar-refractivity contribution in [2.45, 2.75) is 32.4 Å². The molecule has 0 saturated heterocycles. The summed E-state index contributed by atoms with van der Waals surface area (Å²) in [5, 5.41) is 3.47. The molecule has 1 rings (SSSR count). The van der Waals surface area contributed by atoms with Gasteiger partial charge in [-0.1, -0.05) is 26.0 Å². The van der Waals surface area contributed by atoms with Gasteiger partial charge in [-0.3, -0.25) is 0 Å². The van der Waals surface area contributed by atoms with E-state index in [4.69, 9.17) is 9.47 Å². The van der Waals surface area contributed by atoms with Crippen molar-refractivity contribution in [3.63, 3.8) is 0 Å². The molecule has 0 spiro atoms. The van der Waals surface area contributed by atoms with E-state index in [0.717, 1.165) is 18.7 Å². The molecule has 0 aliphatic carbocycles. The highest BCUT2D eigenvalue weighted by Gasteiger charge is 2.20. The normalized spacial score (nSPS) is 14.4. The van der Waals surface area contributed by atoms with Gasteiger partial charge in [-0.05, 0) is 30.7 Å². The van der Waals surface area contributed by atoms with Crippen molar-refractivity contribution in [2.24, 2.45) is 0 Å². The Morgan fingerprint density at radius 2 is 1.76 bits per heavy atom. The van der Waals surface area contributed by atoms with E-state index >= 15 is 0 Å². The van der Waals surface area contributed by atoms with Crippen molar-refractivity contribution in [1.29, 1.82) is 0 Å². The van der Waals surface area contributed by atoms with Crippen molar-refractivity contribution in [2.75, 3.05) is 20.8 Å². The topological polar surface area (TPSA) is 30.5 Å². The van der Waals surface area contributed by atoms with Crippen LogP contribution in [0.1, 0.15) is 31.9 Å². The quantitative estimate of drug-likeness (QED) is 0.791. The lowest BCUT2D eigenvalue weighted by molar-refractivity contribution is 0.0656. The summed E-state index contributed by atoms with van der Waals surface area (Å²) in [5.41, 5.74) is 1.24. The molecule has 2 unspecified atom stereocenters. The van der Waals surface area contributed by atoms with Gasteiger partial charge in [-0.15, -0.1) is 0 Å². The van der Waals surface area contributed by atoms with Crippen LogP contribution in [0.5, 0.6) is 5.75 Å². The van der Waals surface area contributed by atoms with E-state index in [0.29, 0.717) is 0 Å². The number of rotatable bonds is 7. The van der Waals surface area contributed by atoms with Crippen molar-refractivity contribution >= 4 is 0 Å². The van der Waals surface area contributed by atoms with E-state index < -0.39 is 0 Å². The molecule has 17 heavy (non-hydrogen) atoms. The van der Waals surface area contributed by atoms with Crippen LogP contribution in [-0.4, -0.2) is 26.9 Å². The summed E-state index contributed by atoms with van der Waals surface area (Å²) in [6.45, 7) is 5.18. The fraction of sp³-hybridized carbons (Fsp3) is 0.571. The third-order valence-corrected chi connectivity index (χ3v) is 2.98. The Morgan fingerprint density at radius 3 is 2.18 bits per heavy atom. The maximum atomic E-state index is 5.53. The Hall–Kier alpha value is -1.06. The Bertz CT molecular complexity index is 307. The highest BCUT2D eigenvalue weighted by Crippen LogP contribution is 2.23. The third-order valence-electron chi connectivity index (χ3n) is 2.98. The molecule has 0 aromatic heterocycles. The van der Waals surface area contributed by atoms with Crippen molar-refractivity contribution < 1.29 is 9.47 Å². The van der Waals surface area contributed by atoms with Gasteiger partial charge in [-0.2, -0.15) is 0 Å². The predicted molar refractivity (Wildman–Crippen MR) is 70.5 cm³/mol. The van der Waals surface area contributed by atoms with E-state index in [-0.39, 0.29) is 12.1 Å². The van der Waals surface area contributed by atoms with Crippen molar-refractivity contribution in [1.82, 2.24) is 5.32 Å². The zero-order valence-corrected chi connectivity index (χ0v) is 11.2. The molecule has 0 fully saturated rings. The Morgan fingerprint density at radius 1 is 1.12 bits per heavy atom. The van der Waals surface area contributed by atoms with Gasteiger partial charge >= 0.3 is 0 Å². The monoisotopic (exact) mass is 237 g/mol. The maximum Gasteiger partial charge on any atom is 0.118 e. The molecule has 2 atom stereocenters. The first-order chi connectivity index (χ1) is 8.26. The molecular weight excluding hydrogens is 214 g/mol. The molecule has 3 heteroatoms. The second-order valence-electron chi connectivity index (χ2n) is 3.99. The van der Waals surface area contributed by atoms with Crippen molar-refractivity contribution in [3.05, 3.63) is 29.8 Å². The third kappa shape index (κ3) is 3.72. The molecule has 0 saturated carbocycles. The molecule has 1 aromatic rings. The van der Waals surface area contributed by atoms with Crippen LogP contribution in [0.15, 0.2) is 24.3 Å². The Balaban J connectivity index is 2.87. The molecule has 96 valence electrons. The van der Waals surface area contributed by atoms with Crippen molar-refractivity contribution in [3.8, 4) is 5.75 Å². The smallest absolute Gasteiger partial charge is 0.118 e. The lowest BCUT2D eigenvalue weighted by Gasteiger charge is -2.26. The first-order valence-corrected chi connectivity index (χ1v) is 6.16. The molecule has 1 N–H and O–H groups in total. The van der Waals surface area contributed by atoms with E-state index in [1.165, 1.54) is 5.56 Å². The van der Waals surface area contributed by atoms with Crippen LogP contribution in [0.2, 0.25) is 0 Å². The summed E-state index contributed by atoms with van der Waals surface area (Å²) in [4.78, 5) is 0. The van der Waals surface area contributed by atoms with Crippen LogP contribution in [0.25, 0.3) is 0 Å². The minimum Gasteiger partial charge on any atom is -0.497 e. The maximum absolute atomic E-state index is 5.53. The van der Waals surface area contributed by atoms with Gasteiger partial charge in [0.25, 0.3) is 0 Å². The van der Waals surface area contributed by atoms with Gasteiger partial charge in [0.15, 0.2) is 0 Å². The van der Waals surface area contributed by atoms with Crippen LogP contribution in [0.3, 0.4) is 0 Å². The van der Waals surface area contributed by atoms with Crippen LogP contribution >= 0.6 is 0 Å². The Kier molecular flexibility index (Phi) is 6.01. The number of hydrogen-bond donors (Lipinski definition) is 1. The van der Waals surface area contributed by atoms with E-state index in [2.05, 4.69) is 31.3 Å². The first kappa shape index (κ1) is 14.0. The van der Waals surface area contributed by atoms with Gasteiger partial charge in [0.2, 0.25) is 0 Å². The summed E-state index contributed by atoms with van der Waals surface area (Å²) in [6.07, 6.45) is 1.18. The zero-order chi connectivity index (χ0) is 12.7. The lowest BCUT2D eigenvalue weighted by atomic mass is 9.99. The van der Waals surface area contributed by atoms with Gasteiger partial charge < -0.3 is 14.8 Å². The van der Waals surface area contributed by atoms with Crippen LogP contribution < -0.4 is 10.1 Å². The standard InChI is InChI=1S/C14H23NO2/c1-5-13(17-4)14(15-6-2)11-7-9-12(16-3)10-8-11/h7-10,13-15H,5-6H2,1-4H3. The molecule has 3 nitrogen and oxygen atoms in total. The highest BCUT2D eigenvalue weighted by molar-refractivity contribution is 5.29. The molecule has 0 aliphatic rings. The lowest BCUT2D eigenvalue weighted by Crippen LogP contribution is -2.32. The summed E-state index contributed by atoms with van der Waals surface area (Å²) >= 11 is 0. The molecular formula is C14H23NO2. The minimum absolute atomic E-state index is 0.198. The molecule has 0 aliphatic heterocycles. The minimum atomic E-state index is 0.198. The molecule has 0 bridgehead atoms. The summed E-state index contributed by atoms with van der Waals surface area (Å²) in [6, 6.07) is 8.40. The van der Waals surface area contributed by atoms with E-state index in [1.54, 1.807) is 14.2 Å². The number of ether oxygens (including phenoxy) is 2. The number of hydrogen-bond acceptors (Lipinski definition) is 3. The number of benzene rings is 1. The second-order valence-corrected chi connectivity index (χ2v) is 3.99. The predicted octanol–water partition coefficient (Wildman–Crippen LogP) is 2.77. The zero-order valence-electron chi connectivity index (χ0n) is 11.2. The van der Waals surface area contributed by atoms with Crippen LogP contribution in [0, 0.1) is 0 Å². The molecule has 1 aromatic carbocycles. The number of nitrogens with one attached hydrogen (secondary N) is 1. The average Bonchev–Trinajstić information content (AvgIpc) is 2.39. The molecule has 0 amide bonds. The van der Waals surface area contributed by atoms with E-state index in [9.17, 15) is 0 Å². The highest BCUT2D eigenvalue weighted by atomic mass is 16.5. The average molecular weight is 237 g/mol. The van der Waals surface area contributed by atoms with Gasteiger partial charge in [0, 0.05) is 7.11 Å². The van der Waals surface area contributed by atoms with Gasteiger partial charge in [-0.25, -0.2) is 0 Å². The van der Waals surface area contributed by atoms with Gasteiger partial charge in [0.1, 0.15) is 5.75 Å². The van der Waals surface area contributed by atoms with Crippen LogP contribution in [0.4, 0.5) is 0 Å². The summed E-state index contributed by atoms with van der Waals surface area (Å²) in [7, 11) is 3.45. The van der Waals surface area contributed by atoms with E-state index in [1.807, 2.05) is 12.1 Å². The fourth-order valence-corrected chi connectivity index (χ4v) is 2.03. The Labute approximate surface area is 104 Å².